The Kier molecular flexibility index (Phi) is 4.25. The number of ether oxygens (including phenoxy) is 1. The second kappa shape index (κ2) is 5.94. The minimum Gasteiger partial charge on any atom is -0.454 e. The summed E-state index contributed by atoms with van der Waals surface area (Å²) in [7, 11) is 0. The van der Waals surface area contributed by atoms with E-state index in [2.05, 4.69) is 6.07 Å². The normalized spacial score (nSPS) is 11.8. The molecule has 4 heteroatoms. The van der Waals surface area contributed by atoms with Gasteiger partial charge in [0.1, 0.15) is 5.75 Å². The zero-order chi connectivity index (χ0) is 15.6. The van der Waals surface area contributed by atoms with E-state index in [0.717, 1.165) is 11.1 Å². The second-order valence-corrected chi connectivity index (χ2v) is 5.02. The van der Waals surface area contributed by atoms with E-state index in [4.69, 9.17) is 10.00 Å². The van der Waals surface area contributed by atoms with Gasteiger partial charge in [0, 0.05) is 0 Å². The third-order valence-corrected chi connectivity index (χ3v) is 3.24. The van der Waals surface area contributed by atoms with Crippen molar-refractivity contribution in [2.45, 2.75) is 26.9 Å². The number of rotatable bonds is 3. The quantitative estimate of drug-likeness (QED) is 0.921. The monoisotopic (exact) mass is 285 g/mol. The molecule has 0 aliphatic rings. The van der Waals surface area contributed by atoms with Crippen molar-refractivity contribution in [1.29, 1.82) is 5.26 Å². The van der Waals surface area contributed by atoms with E-state index >= 15 is 0 Å². The average Bonchev–Trinajstić information content (AvgIpc) is 2.43. The number of aryl methyl sites for hydroxylation is 2. The zero-order valence-electron chi connectivity index (χ0n) is 12.1. The molecular weight excluding hydrogens is 269 g/mol. The highest BCUT2D eigenvalue weighted by Crippen LogP contribution is 2.32. The maximum absolute atomic E-state index is 14.0. The van der Waals surface area contributed by atoms with Gasteiger partial charge in [-0.25, -0.2) is 4.39 Å². The Morgan fingerprint density at radius 3 is 2.29 bits per heavy atom. The van der Waals surface area contributed by atoms with Gasteiger partial charge in [0.05, 0.1) is 17.7 Å². The number of hydrogen-bond donors (Lipinski definition) is 1. The fourth-order valence-electron chi connectivity index (χ4n) is 2.15. The largest absolute Gasteiger partial charge is 0.454 e. The molecule has 0 bridgehead atoms. The summed E-state index contributed by atoms with van der Waals surface area (Å²) in [5.41, 5.74) is 2.58. The van der Waals surface area contributed by atoms with Crippen molar-refractivity contribution in [3.05, 3.63) is 58.4 Å². The first-order valence-corrected chi connectivity index (χ1v) is 6.59. The van der Waals surface area contributed by atoms with Gasteiger partial charge >= 0.3 is 0 Å². The van der Waals surface area contributed by atoms with Crippen LogP contribution in [0.15, 0.2) is 30.3 Å². The fraction of sp³-hybridized carbons (Fsp3) is 0.235. The molecule has 0 amide bonds. The second-order valence-electron chi connectivity index (χ2n) is 5.02. The third kappa shape index (κ3) is 3.21. The first kappa shape index (κ1) is 15.0. The van der Waals surface area contributed by atoms with Gasteiger partial charge in [-0.3, -0.25) is 0 Å². The minimum atomic E-state index is -0.730. The van der Waals surface area contributed by atoms with Crippen molar-refractivity contribution in [2.24, 2.45) is 0 Å². The fourth-order valence-corrected chi connectivity index (χ4v) is 2.15. The number of benzene rings is 2. The number of aliphatic hydroxyl groups is 1. The van der Waals surface area contributed by atoms with Gasteiger partial charge in [0.2, 0.25) is 0 Å². The van der Waals surface area contributed by atoms with E-state index in [0.29, 0.717) is 16.9 Å². The van der Waals surface area contributed by atoms with Crippen molar-refractivity contribution >= 4 is 0 Å². The van der Waals surface area contributed by atoms with Crippen LogP contribution in [0.4, 0.5) is 4.39 Å². The van der Waals surface area contributed by atoms with Crippen molar-refractivity contribution in [2.75, 3.05) is 0 Å². The smallest absolute Gasteiger partial charge is 0.166 e. The van der Waals surface area contributed by atoms with Crippen LogP contribution in [0.1, 0.15) is 35.3 Å². The lowest BCUT2D eigenvalue weighted by Crippen LogP contribution is -1.97. The molecule has 3 nitrogen and oxygen atoms in total. The SMILES string of the molecule is Cc1cc(C#N)cc(C)c1Oc1ccc([C@H](C)O)cc1F. The van der Waals surface area contributed by atoms with E-state index in [1.807, 2.05) is 13.8 Å². The molecule has 1 atom stereocenters. The summed E-state index contributed by atoms with van der Waals surface area (Å²) in [6.07, 6.45) is -0.730. The van der Waals surface area contributed by atoms with Crippen molar-refractivity contribution in [1.82, 2.24) is 0 Å². The van der Waals surface area contributed by atoms with Crippen LogP contribution in [-0.4, -0.2) is 5.11 Å². The molecule has 21 heavy (non-hydrogen) atoms. The van der Waals surface area contributed by atoms with Crippen LogP contribution in [0.25, 0.3) is 0 Å². The molecule has 0 saturated carbocycles. The van der Waals surface area contributed by atoms with Gasteiger partial charge in [-0.15, -0.1) is 0 Å². The Labute approximate surface area is 123 Å². The van der Waals surface area contributed by atoms with Gasteiger partial charge < -0.3 is 9.84 Å². The molecule has 0 aliphatic heterocycles. The van der Waals surface area contributed by atoms with Crippen LogP contribution in [0.5, 0.6) is 11.5 Å². The summed E-state index contributed by atoms with van der Waals surface area (Å²) >= 11 is 0. The summed E-state index contributed by atoms with van der Waals surface area (Å²) in [5.74, 6) is 0.101. The summed E-state index contributed by atoms with van der Waals surface area (Å²) in [4.78, 5) is 0. The lowest BCUT2D eigenvalue weighted by Gasteiger charge is -2.14. The van der Waals surface area contributed by atoms with E-state index in [1.165, 1.54) is 12.1 Å². The summed E-state index contributed by atoms with van der Waals surface area (Å²) < 4.78 is 19.7. The first-order valence-electron chi connectivity index (χ1n) is 6.59. The van der Waals surface area contributed by atoms with Crippen molar-refractivity contribution < 1.29 is 14.2 Å². The average molecular weight is 285 g/mol. The summed E-state index contributed by atoms with van der Waals surface area (Å²) in [6.45, 7) is 5.20. The summed E-state index contributed by atoms with van der Waals surface area (Å²) in [6, 6.07) is 9.85. The molecule has 108 valence electrons. The lowest BCUT2D eigenvalue weighted by molar-refractivity contribution is 0.198. The molecule has 0 unspecified atom stereocenters. The maximum Gasteiger partial charge on any atom is 0.166 e. The predicted octanol–water partition coefficient (Wildman–Crippen LogP) is 4.16. The first-order chi connectivity index (χ1) is 9.92. The number of hydrogen-bond acceptors (Lipinski definition) is 3. The van der Waals surface area contributed by atoms with Gasteiger partial charge in [-0.1, -0.05) is 6.07 Å². The Bertz CT molecular complexity index is 694. The molecular formula is C17H16FNO2. The highest BCUT2D eigenvalue weighted by atomic mass is 19.1. The number of nitrogens with zero attached hydrogens (tertiary/aromatic N) is 1. The molecule has 0 saturated heterocycles. The minimum absolute atomic E-state index is 0.0929. The van der Waals surface area contributed by atoms with E-state index < -0.39 is 11.9 Å². The van der Waals surface area contributed by atoms with Crippen LogP contribution in [0.3, 0.4) is 0 Å². The van der Waals surface area contributed by atoms with Gasteiger partial charge in [0.15, 0.2) is 11.6 Å². The van der Waals surface area contributed by atoms with E-state index in [1.54, 1.807) is 25.1 Å². The molecule has 0 spiro atoms. The molecule has 1 N–H and O–H groups in total. The predicted molar refractivity (Wildman–Crippen MR) is 77.7 cm³/mol. The highest BCUT2D eigenvalue weighted by molar-refractivity contribution is 5.49. The molecule has 0 aromatic heterocycles. The Hall–Kier alpha value is -2.38. The van der Waals surface area contributed by atoms with Gasteiger partial charge in [-0.2, -0.15) is 5.26 Å². The summed E-state index contributed by atoms with van der Waals surface area (Å²) in [5, 5.41) is 18.4. The molecule has 2 aromatic rings. The van der Waals surface area contributed by atoms with Crippen LogP contribution in [0, 0.1) is 31.0 Å². The topological polar surface area (TPSA) is 53.2 Å². The van der Waals surface area contributed by atoms with Crippen LogP contribution in [0.2, 0.25) is 0 Å². The van der Waals surface area contributed by atoms with E-state index in [-0.39, 0.29) is 5.75 Å². The molecule has 2 aromatic carbocycles. The van der Waals surface area contributed by atoms with Crippen molar-refractivity contribution in [3.63, 3.8) is 0 Å². The zero-order valence-corrected chi connectivity index (χ0v) is 12.1. The van der Waals surface area contributed by atoms with Gasteiger partial charge in [-0.05, 0) is 61.7 Å². The van der Waals surface area contributed by atoms with Crippen molar-refractivity contribution in [3.8, 4) is 17.6 Å². The third-order valence-electron chi connectivity index (χ3n) is 3.24. The highest BCUT2D eigenvalue weighted by Gasteiger charge is 2.12. The molecule has 0 aliphatic carbocycles. The molecule has 2 rings (SSSR count). The van der Waals surface area contributed by atoms with E-state index in [9.17, 15) is 9.50 Å². The van der Waals surface area contributed by atoms with Crippen LogP contribution < -0.4 is 4.74 Å². The lowest BCUT2D eigenvalue weighted by atomic mass is 10.1. The maximum atomic E-state index is 14.0. The van der Waals surface area contributed by atoms with Gasteiger partial charge in [0.25, 0.3) is 0 Å². The Balaban J connectivity index is 2.37. The van der Waals surface area contributed by atoms with Crippen LogP contribution in [-0.2, 0) is 0 Å². The van der Waals surface area contributed by atoms with Crippen LogP contribution >= 0.6 is 0 Å². The molecule has 0 radical (unpaired) electrons. The standard InChI is InChI=1S/C17H16FNO2/c1-10-6-13(9-19)7-11(2)17(10)21-16-5-4-14(12(3)20)8-15(16)18/h4-8,12,20H,1-3H3/t12-/m0/s1. The Morgan fingerprint density at radius 2 is 1.81 bits per heavy atom. The Morgan fingerprint density at radius 1 is 1.19 bits per heavy atom. The number of nitriles is 1. The number of halogens is 1. The molecule has 0 heterocycles. The molecule has 0 fully saturated rings. The number of aliphatic hydroxyl groups excluding tert-OH is 1.